The smallest absolute Gasteiger partial charge is 0.193 e. The Morgan fingerprint density at radius 1 is 1.03 bits per heavy atom. The molecule has 0 radical (unpaired) electrons. The predicted octanol–water partition coefficient (Wildman–Crippen LogP) is 4.07. The van der Waals surface area contributed by atoms with Crippen LogP contribution in [0.15, 0.2) is 59.6 Å². The number of ether oxygens (including phenoxy) is 2. The van der Waals surface area contributed by atoms with E-state index in [1.807, 2.05) is 13.1 Å². The van der Waals surface area contributed by atoms with Crippen molar-refractivity contribution >= 4 is 29.9 Å². The van der Waals surface area contributed by atoms with Crippen molar-refractivity contribution in [3.05, 3.63) is 71.3 Å². The summed E-state index contributed by atoms with van der Waals surface area (Å²) >= 11 is 0. The number of guanidine groups is 1. The molecule has 1 heterocycles. The molecule has 0 aromatic heterocycles. The first-order valence-corrected chi connectivity index (χ1v) is 9.92. The van der Waals surface area contributed by atoms with Gasteiger partial charge in [-0.2, -0.15) is 0 Å². The van der Waals surface area contributed by atoms with Gasteiger partial charge in [0.15, 0.2) is 5.96 Å². The normalized spacial score (nSPS) is 16.6. The van der Waals surface area contributed by atoms with E-state index >= 15 is 0 Å². The number of hydrogen-bond acceptors (Lipinski definition) is 3. The van der Waals surface area contributed by atoms with Crippen LogP contribution in [0.3, 0.4) is 0 Å². The fourth-order valence-electron chi connectivity index (χ4n) is 3.51. The number of benzene rings is 2. The van der Waals surface area contributed by atoms with Gasteiger partial charge in [-0.05, 0) is 23.1 Å². The molecule has 1 N–H and O–H groups in total. The van der Waals surface area contributed by atoms with Crippen LogP contribution < -0.4 is 5.32 Å². The van der Waals surface area contributed by atoms with E-state index in [2.05, 4.69) is 63.7 Å². The van der Waals surface area contributed by atoms with E-state index in [4.69, 9.17) is 9.47 Å². The lowest BCUT2D eigenvalue weighted by molar-refractivity contribution is 0.0906. The molecule has 158 valence electrons. The van der Waals surface area contributed by atoms with Gasteiger partial charge in [0.25, 0.3) is 0 Å². The highest BCUT2D eigenvalue weighted by Gasteiger charge is 2.24. The molecule has 0 spiro atoms. The average molecular weight is 509 g/mol. The molecule has 29 heavy (non-hydrogen) atoms. The zero-order valence-corrected chi connectivity index (χ0v) is 19.7. The molecule has 1 saturated heterocycles. The lowest BCUT2D eigenvalue weighted by Crippen LogP contribution is -2.39. The van der Waals surface area contributed by atoms with Gasteiger partial charge in [0, 0.05) is 39.7 Å². The Bertz CT molecular complexity index is 738. The Balaban J connectivity index is 0.00000300. The van der Waals surface area contributed by atoms with Gasteiger partial charge in [0.1, 0.15) is 0 Å². The molecule has 0 saturated carbocycles. The maximum atomic E-state index is 5.93. The molecule has 0 aliphatic carbocycles. The van der Waals surface area contributed by atoms with Crippen LogP contribution in [-0.4, -0.2) is 44.7 Å². The van der Waals surface area contributed by atoms with Crippen LogP contribution >= 0.6 is 24.0 Å². The minimum absolute atomic E-state index is 0. The third-order valence-electron chi connectivity index (χ3n) is 5.05. The number of halogens is 1. The molecule has 1 atom stereocenters. The number of nitrogens with zero attached hydrogens (tertiary/aromatic N) is 2. The summed E-state index contributed by atoms with van der Waals surface area (Å²) in [5, 5.41) is 3.49. The molecule has 1 aliphatic rings. The zero-order valence-electron chi connectivity index (χ0n) is 17.3. The fraction of sp³-hybridized carbons (Fsp3) is 0.435. The zero-order chi connectivity index (χ0) is 19.6. The summed E-state index contributed by atoms with van der Waals surface area (Å²) in [6, 6.07) is 18.8. The van der Waals surface area contributed by atoms with E-state index in [0.717, 1.165) is 38.6 Å². The van der Waals surface area contributed by atoms with E-state index in [-0.39, 0.29) is 24.0 Å². The first-order chi connectivity index (χ1) is 13.8. The van der Waals surface area contributed by atoms with Crippen molar-refractivity contribution in [3.8, 4) is 0 Å². The number of rotatable bonds is 8. The van der Waals surface area contributed by atoms with Gasteiger partial charge < -0.3 is 19.7 Å². The maximum absolute atomic E-state index is 5.93. The van der Waals surface area contributed by atoms with E-state index in [0.29, 0.717) is 19.1 Å². The molecule has 3 rings (SSSR count). The molecule has 5 nitrogen and oxygen atoms in total. The SMILES string of the molecule is CN=C(NCc1ccc(COC)cc1)N1CCC(COCc2ccccc2)C1.I. The molecule has 0 amide bonds. The summed E-state index contributed by atoms with van der Waals surface area (Å²) < 4.78 is 11.1. The van der Waals surface area contributed by atoms with Crippen molar-refractivity contribution in [1.82, 2.24) is 10.2 Å². The average Bonchev–Trinajstić information content (AvgIpc) is 3.19. The Hall–Kier alpha value is -1.64. The maximum Gasteiger partial charge on any atom is 0.193 e. The molecule has 1 aliphatic heterocycles. The van der Waals surface area contributed by atoms with Crippen LogP contribution in [0.4, 0.5) is 0 Å². The summed E-state index contributed by atoms with van der Waals surface area (Å²) in [4.78, 5) is 6.79. The van der Waals surface area contributed by atoms with Crippen LogP contribution in [0.2, 0.25) is 0 Å². The minimum Gasteiger partial charge on any atom is -0.380 e. The lowest BCUT2D eigenvalue weighted by atomic mass is 10.1. The van der Waals surface area contributed by atoms with Crippen LogP contribution in [0.5, 0.6) is 0 Å². The van der Waals surface area contributed by atoms with Gasteiger partial charge >= 0.3 is 0 Å². The fourth-order valence-corrected chi connectivity index (χ4v) is 3.51. The second-order valence-electron chi connectivity index (χ2n) is 7.25. The van der Waals surface area contributed by atoms with Crippen molar-refractivity contribution in [1.29, 1.82) is 0 Å². The van der Waals surface area contributed by atoms with Crippen molar-refractivity contribution in [2.75, 3.05) is 33.9 Å². The number of aliphatic imine (C=N–C) groups is 1. The monoisotopic (exact) mass is 509 g/mol. The standard InChI is InChI=1S/C23H31N3O2.HI/c1-24-23(25-14-19-8-10-21(11-9-19)16-27-2)26-13-12-22(15-26)18-28-17-20-6-4-3-5-7-20;/h3-11,22H,12-18H2,1-2H3,(H,24,25);1H. The Kier molecular flexibility index (Phi) is 10.5. The van der Waals surface area contributed by atoms with Gasteiger partial charge in [-0.3, -0.25) is 4.99 Å². The van der Waals surface area contributed by atoms with Gasteiger partial charge in [-0.25, -0.2) is 0 Å². The highest BCUT2D eigenvalue weighted by Crippen LogP contribution is 2.17. The molecule has 2 aromatic rings. The topological polar surface area (TPSA) is 46.1 Å². The molecule has 1 unspecified atom stereocenters. The van der Waals surface area contributed by atoms with Crippen molar-refractivity contribution in [2.24, 2.45) is 10.9 Å². The number of nitrogens with one attached hydrogen (secondary N) is 1. The first-order valence-electron chi connectivity index (χ1n) is 9.92. The van der Waals surface area contributed by atoms with E-state index in [1.54, 1.807) is 7.11 Å². The largest absolute Gasteiger partial charge is 0.380 e. The van der Waals surface area contributed by atoms with Crippen LogP contribution in [-0.2, 0) is 29.2 Å². The van der Waals surface area contributed by atoms with Crippen LogP contribution in [0.1, 0.15) is 23.1 Å². The van der Waals surface area contributed by atoms with Crippen molar-refractivity contribution in [2.45, 2.75) is 26.2 Å². The Labute approximate surface area is 191 Å². The molecule has 6 heteroatoms. The molecule has 1 fully saturated rings. The third kappa shape index (κ3) is 7.60. The summed E-state index contributed by atoms with van der Waals surface area (Å²) in [5.41, 5.74) is 3.66. The molecule has 0 bridgehead atoms. The number of hydrogen-bond donors (Lipinski definition) is 1. The highest BCUT2D eigenvalue weighted by molar-refractivity contribution is 14.0. The Morgan fingerprint density at radius 2 is 1.72 bits per heavy atom. The third-order valence-corrected chi connectivity index (χ3v) is 5.05. The first kappa shape index (κ1) is 23.6. The van der Waals surface area contributed by atoms with Gasteiger partial charge in [-0.15, -0.1) is 24.0 Å². The van der Waals surface area contributed by atoms with E-state index in [1.165, 1.54) is 16.7 Å². The molecule has 2 aromatic carbocycles. The Morgan fingerprint density at radius 3 is 2.41 bits per heavy atom. The summed E-state index contributed by atoms with van der Waals surface area (Å²) in [7, 11) is 3.57. The summed E-state index contributed by atoms with van der Waals surface area (Å²) in [6.07, 6.45) is 1.14. The van der Waals surface area contributed by atoms with Crippen LogP contribution in [0, 0.1) is 5.92 Å². The summed E-state index contributed by atoms with van der Waals surface area (Å²) in [5.74, 6) is 1.52. The predicted molar refractivity (Wildman–Crippen MR) is 129 cm³/mol. The second kappa shape index (κ2) is 12.8. The summed E-state index contributed by atoms with van der Waals surface area (Å²) in [6.45, 7) is 4.91. The van der Waals surface area contributed by atoms with E-state index in [9.17, 15) is 0 Å². The van der Waals surface area contributed by atoms with Gasteiger partial charge in [-0.1, -0.05) is 54.6 Å². The molecular formula is C23H32IN3O2. The van der Waals surface area contributed by atoms with Crippen LogP contribution in [0.25, 0.3) is 0 Å². The van der Waals surface area contributed by atoms with E-state index < -0.39 is 0 Å². The van der Waals surface area contributed by atoms with Crippen molar-refractivity contribution < 1.29 is 9.47 Å². The van der Waals surface area contributed by atoms with Crippen molar-refractivity contribution in [3.63, 3.8) is 0 Å². The number of likely N-dealkylation sites (tertiary alicyclic amines) is 1. The quantitative estimate of drug-likeness (QED) is 0.331. The number of methoxy groups -OCH3 is 1. The minimum atomic E-state index is 0. The van der Waals surface area contributed by atoms with Gasteiger partial charge in [0.05, 0.1) is 19.8 Å². The second-order valence-corrected chi connectivity index (χ2v) is 7.25. The molecular weight excluding hydrogens is 477 g/mol. The van der Waals surface area contributed by atoms with Gasteiger partial charge in [0.2, 0.25) is 0 Å². The highest BCUT2D eigenvalue weighted by atomic mass is 127. The lowest BCUT2D eigenvalue weighted by Gasteiger charge is -2.22.